The van der Waals surface area contributed by atoms with E-state index in [1.165, 1.54) is 0 Å². The van der Waals surface area contributed by atoms with Crippen LogP contribution < -0.4 is 5.32 Å². The Balaban J connectivity index is 1.83. The molecule has 0 bridgehead atoms. The zero-order valence-electron chi connectivity index (χ0n) is 11.4. The van der Waals surface area contributed by atoms with Crippen LogP contribution in [0.25, 0.3) is 0 Å². The molecule has 0 spiro atoms. The first kappa shape index (κ1) is 14.5. The number of carbonyl (C=O) groups excluding carboxylic acids is 1. The normalized spacial score (nSPS) is 12.2. The van der Waals surface area contributed by atoms with E-state index in [2.05, 4.69) is 15.5 Å². The Morgan fingerprint density at radius 3 is 2.70 bits per heavy atom. The summed E-state index contributed by atoms with van der Waals surface area (Å²) in [5.74, 6) is 1.01. The van der Waals surface area contributed by atoms with Gasteiger partial charge in [0.2, 0.25) is 11.8 Å². The molecule has 2 aromatic rings. The molecule has 0 fully saturated rings. The van der Waals surface area contributed by atoms with Crippen LogP contribution in [-0.2, 0) is 11.2 Å². The van der Waals surface area contributed by atoms with E-state index in [4.69, 9.17) is 16.1 Å². The standard InChI is InChI=1S/C14H16ClN3O2/c1-9(11-3-5-12(15)6-4-11)16-13(19)7-8-14-17-10(2)18-20-14/h3-6,9H,7-8H2,1-2H3,(H,16,19)/t9-/m1/s1. The number of benzene rings is 1. The minimum absolute atomic E-state index is 0.0525. The van der Waals surface area contributed by atoms with E-state index >= 15 is 0 Å². The van der Waals surface area contributed by atoms with E-state index in [-0.39, 0.29) is 11.9 Å². The molecule has 0 saturated heterocycles. The SMILES string of the molecule is Cc1noc(CCC(=O)N[C@H](C)c2ccc(Cl)cc2)n1. The second-order valence-electron chi connectivity index (χ2n) is 4.58. The Hall–Kier alpha value is -1.88. The molecule has 2 rings (SSSR count). The van der Waals surface area contributed by atoms with Gasteiger partial charge in [-0.2, -0.15) is 4.98 Å². The second kappa shape index (κ2) is 6.52. The second-order valence-corrected chi connectivity index (χ2v) is 5.01. The molecule has 0 aliphatic carbocycles. The highest BCUT2D eigenvalue weighted by Gasteiger charge is 2.11. The first-order valence-corrected chi connectivity index (χ1v) is 6.76. The van der Waals surface area contributed by atoms with Gasteiger partial charge >= 0.3 is 0 Å². The fourth-order valence-corrected chi connectivity index (χ4v) is 1.94. The van der Waals surface area contributed by atoms with Crippen LogP contribution in [0.3, 0.4) is 0 Å². The zero-order chi connectivity index (χ0) is 14.5. The molecular weight excluding hydrogens is 278 g/mol. The van der Waals surface area contributed by atoms with Crippen LogP contribution in [-0.4, -0.2) is 16.0 Å². The Morgan fingerprint density at radius 2 is 2.10 bits per heavy atom. The van der Waals surface area contributed by atoms with Crippen LogP contribution in [0.2, 0.25) is 5.02 Å². The van der Waals surface area contributed by atoms with E-state index in [0.717, 1.165) is 5.56 Å². The van der Waals surface area contributed by atoms with Crippen molar-refractivity contribution < 1.29 is 9.32 Å². The fourth-order valence-electron chi connectivity index (χ4n) is 1.81. The van der Waals surface area contributed by atoms with Crippen LogP contribution in [0.15, 0.2) is 28.8 Å². The van der Waals surface area contributed by atoms with E-state index in [9.17, 15) is 4.79 Å². The molecule has 20 heavy (non-hydrogen) atoms. The summed E-state index contributed by atoms with van der Waals surface area (Å²) >= 11 is 5.83. The van der Waals surface area contributed by atoms with Gasteiger partial charge in [0.1, 0.15) is 0 Å². The maximum atomic E-state index is 11.8. The van der Waals surface area contributed by atoms with Gasteiger partial charge in [0, 0.05) is 17.9 Å². The summed E-state index contributed by atoms with van der Waals surface area (Å²) in [5, 5.41) is 7.28. The predicted molar refractivity (Wildman–Crippen MR) is 75.4 cm³/mol. The molecule has 1 heterocycles. The summed E-state index contributed by atoms with van der Waals surface area (Å²) in [6.45, 7) is 3.67. The van der Waals surface area contributed by atoms with Gasteiger partial charge in [-0.05, 0) is 31.5 Å². The molecule has 0 saturated carbocycles. The third kappa shape index (κ3) is 4.06. The van der Waals surface area contributed by atoms with Crippen molar-refractivity contribution in [2.24, 2.45) is 0 Å². The third-order valence-electron chi connectivity index (χ3n) is 2.88. The van der Waals surface area contributed by atoms with Crippen LogP contribution in [0, 0.1) is 6.92 Å². The molecule has 1 atom stereocenters. The van der Waals surface area contributed by atoms with E-state index < -0.39 is 0 Å². The number of hydrogen-bond acceptors (Lipinski definition) is 4. The quantitative estimate of drug-likeness (QED) is 0.920. The molecule has 0 aliphatic heterocycles. The van der Waals surface area contributed by atoms with E-state index in [1.807, 2.05) is 19.1 Å². The topological polar surface area (TPSA) is 68.0 Å². The summed E-state index contributed by atoms with van der Waals surface area (Å²) in [7, 11) is 0. The van der Waals surface area contributed by atoms with Gasteiger partial charge in [0.15, 0.2) is 5.82 Å². The molecule has 1 N–H and O–H groups in total. The van der Waals surface area contributed by atoms with Gasteiger partial charge in [0.25, 0.3) is 0 Å². The van der Waals surface area contributed by atoms with Crippen molar-refractivity contribution in [1.29, 1.82) is 0 Å². The van der Waals surface area contributed by atoms with Crippen molar-refractivity contribution >= 4 is 17.5 Å². The van der Waals surface area contributed by atoms with Crippen molar-refractivity contribution in [2.75, 3.05) is 0 Å². The lowest BCUT2D eigenvalue weighted by Crippen LogP contribution is -2.26. The summed E-state index contributed by atoms with van der Waals surface area (Å²) in [6, 6.07) is 7.34. The number of rotatable bonds is 5. The molecule has 1 aromatic heterocycles. The smallest absolute Gasteiger partial charge is 0.227 e. The number of aromatic nitrogens is 2. The third-order valence-corrected chi connectivity index (χ3v) is 3.14. The lowest BCUT2D eigenvalue weighted by Gasteiger charge is -2.14. The average molecular weight is 294 g/mol. The van der Waals surface area contributed by atoms with Gasteiger partial charge in [-0.25, -0.2) is 0 Å². The number of halogens is 1. The number of aryl methyl sites for hydroxylation is 2. The highest BCUT2D eigenvalue weighted by molar-refractivity contribution is 6.30. The molecule has 6 heteroatoms. The van der Waals surface area contributed by atoms with Gasteiger partial charge in [-0.1, -0.05) is 28.9 Å². The lowest BCUT2D eigenvalue weighted by atomic mass is 10.1. The van der Waals surface area contributed by atoms with Crippen LogP contribution >= 0.6 is 11.6 Å². The number of amides is 1. The van der Waals surface area contributed by atoms with Crippen LogP contribution in [0.1, 0.15) is 36.7 Å². The predicted octanol–water partition coefficient (Wildman–Crippen LogP) is 2.84. The number of nitrogens with zero attached hydrogens (tertiary/aromatic N) is 2. The summed E-state index contributed by atoms with van der Waals surface area (Å²) in [4.78, 5) is 15.9. The molecule has 1 amide bonds. The maximum Gasteiger partial charge on any atom is 0.227 e. The highest BCUT2D eigenvalue weighted by Crippen LogP contribution is 2.16. The fraction of sp³-hybridized carbons (Fsp3) is 0.357. The van der Waals surface area contributed by atoms with Gasteiger partial charge in [-0.3, -0.25) is 4.79 Å². The number of hydrogen-bond donors (Lipinski definition) is 1. The molecule has 0 aliphatic rings. The Bertz CT molecular complexity index is 580. The minimum Gasteiger partial charge on any atom is -0.350 e. The van der Waals surface area contributed by atoms with Gasteiger partial charge in [-0.15, -0.1) is 0 Å². The first-order chi connectivity index (χ1) is 9.54. The summed E-state index contributed by atoms with van der Waals surface area (Å²) < 4.78 is 4.96. The molecule has 1 aromatic carbocycles. The summed E-state index contributed by atoms with van der Waals surface area (Å²) in [5.41, 5.74) is 1.01. The Labute approximate surface area is 122 Å². The number of nitrogens with one attached hydrogen (secondary N) is 1. The lowest BCUT2D eigenvalue weighted by molar-refractivity contribution is -0.121. The van der Waals surface area contributed by atoms with Crippen molar-refractivity contribution in [2.45, 2.75) is 32.7 Å². The van der Waals surface area contributed by atoms with Crippen LogP contribution in [0.5, 0.6) is 0 Å². The Kier molecular flexibility index (Phi) is 4.74. The molecular formula is C14H16ClN3O2. The molecule has 106 valence electrons. The maximum absolute atomic E-state index is 11.8. The van der Waals surface area contributed by atoms with Crippen LogP contribution in [0.4, 0.5) is 0 Å². The van der Waals surface area contributed by atoms with Crippen molar-refractivity contribution in [3.05, 3.63) is 46.6 Å². The van der Waals surface area contributed by atoms with E-state index in [1.54, 1.807) is 19.1 Å². The largest absolute Gasteiger partial charge is 0.350 e. The highest BCUT2D eigenvalue weighted by atomic mass is 35.5. The van der Waals surface area contributed by atoms with Crippen molar-refractivity contribution in [1.82, 2.24) is 15.5 Å². The van der Waals surface area contributed by atoms with Gasteiger partial charge in [0.05, 0.1) is 6.04 Å². The van der Waals surface area contributed by atoms with Crippen molar-refractivity contribution in [3.63, 3.8) is 0 Å². The zero-order valence-corrected chi connectivity index (χ0v) is 12.1. The Morgan fingerprint density at radius 1 is 1.40 bits per heavy atom. The first-order valence-electron chi connectivity index (χ1n) is 6.38. The molecule has 0 radical (unpaired) electrons. The van der Waals surface area contributed by atoms with Crippen molar-refractivity contribution in [3.8, 4) is 0 Å². The number of carbonyl (C=O) groups is 1. The monoisotopic (exact) mass is 293 g/mol. The molecule has 5 nitrogen and oxygen atoms in total. The summed E-state index contributed by atoms with van der Waals surface area (Å²) in [6.07, 6.45) is 0.763. The minimum atomic E-state index is -0.0656. The average Bonchev–Trinajstić information content (AvgIpc) is 2.83. The van der Waals surface area contributed by atoms with Gasteiger partial charge < -0.3 is 9.84 Å². The van der Waals surface area contributed by atoms with E-state index in [0.29, 0.717) is 29.6 Å². The molecule has 0 unspecified atom stereocenters.